The fourth-order valence-electron chi connectivity index (χ4n) is 1.61. The van der Waals surface area contributed by atoms with E-state index in [1.165, 1.54) is 6.21 Å². The number of benzene rings is 1. The van der Waals surface area contributed by atoms with Gasteiger partial charge in [0.1, 0.15) is 0 Å². The molecule has 0 aliphatic heterocycles. The van der Waals surface area contributed by atoms with Gasteiger partial charge in [-0.05, 0) is 0 Å². The summed E-state index contributed by atoms with van der Waals surface area (Å²) in [4.78, 5) is 11.9. The van der Waals surface area contributed by atoms with Crippen LogP contribution in [0.3, 0.4) is 0 Å². The Bertz CT molecular complexity index is 548. The lowest BCUT2D eigenvalue weighted by Gasteiger charge is -1.98. The van der Waals surface area contributed by atoms with Crippen LogP contribution in [0.5, 0.6) is 0 Å². The second-order valence-corrected chi connectivity index (χ2v) is 3.84. The minimum Gasteiger partial charge on any atom is -0.411 e. The Labute approximate surface area is 105 Å². The van der Waals surface area contributed by atoms with Gasteiger partial charge in [0.2, 0.25) is 12.3 Å². The minimum atomic E-state index is 0.0594. The topological polar surface area (TPSA) is 53.5 Å². The van der Waals surface area contributed by atoms with E-state index in [0.717, 1.165) is 5.56 Å². The van der Waals surface area contributed by atoms with Crippen LogP contribution >= 0.6 is 0 Å². The Morgan fingerprint density at radius 2 is 1.83 bits per heavy atom. The molecule has 4 heteroatoms. The molecule has 1 heterocycles. The molecule has 1 aromatic heterocycles. The average molecular weight is 241 g/mol. The van der Waals surface area contributed by atoms with Crippen molar-refractivity contribution < 1.29 is 14.6 Å². The first-order valence-corrected chi connectivity index (χ1v) is 5.54. The highest BCUT2D eigenvalue weighted by Gasteiger charge is 2.10. The minimum absolute atomic E-state index is 0.0594. The largest absolute Gasteiger partial charge is 0.411 e. The third-order valence-electron chi connectivity index (χ3n) is 2.55. The van der Waals surface area contributed by atoms with Gasteiger partial charge in [-0.3, -0.25) is 4.79 Å². The molecular formula is C14H13N2O2+. The number of aromatic nitrogens is 1. The standard InChI is InChI=1S/C14H12N2O2/c17-14(13-4-2-1-3-5-13)11-16-8-6-12(7-9-16)10-15-18/h1-10H,11H2/p+1. The highest BCUT2D eigenvalue weighted by Crippen LogP contribution is 2.00. The maximum absolute atomic E-state index is 11.9. The second kappa shape index (κ2) is 5.72. The highest BCUT2D eigenvalue weighted by molar-refractivity contribution is 5.94. The molecule has 0 aliphatic carbocycles. The summed E-state index contributed by atoms with van der Waals surface area (Å²) in [5, 5.41) is 11.3. The lowest BCUT2D eigenvalue weighted by atomic mass is 10.1. The van der Waals surface area contributed by atoms with Crippen molar-refractivity contribution >= 4 is 12.0 Å². The monoisotopic (exact) mass is 241 g/mol. The smallest absolute Gasteiger partial charge is 0.227 e. The van der Waals surface area contributed by atoms with Gasteiger partial charge in [0.25, 0.3) is 0 Å². The zero-order chi connectivity index (χ0) is 12.8. The van der Waals surface area contributed by atoms with Crippen molar-refractivity contribution in [2.75, 3.05) is 0 Å². The SMILES string of the molecule is O=C(C[n+]1ccc(/C=N/O)cc1)c1ccccc1. The number of ketones is 1. The van der Waals surface area contributed by atoms with Crippen molar-refractivity contribution in [2.45, 2.75) is 6.54 Å². The summed E-state index contributed by atoms with van der Waals surface area (Å²) in [6.45, 7) is 0.292. The number of carbonyl (C=O) groups excluding carboxylic acids is 1. The van der Waals surface area contributed by atoms with Gasteiger partial charge < -0.3 is 5.21 Å². The lowest BCUT2D eigenvalue weighted by molar-refractivity contribution is -0.683. The summed E-state index contributed by atoms with van der Waals surface area (Å²) in [7, 11) is 0. The van der Waals surface area contributed by atoms with E-state index in [-0.39, 0.29) is 5.78 Å². The fourth-order valence-corrected chi connectivity index (χ4v) is 1.61. The third kappa shape index (κ3) is 3.01. The number of oxime groups is 1. The van der Waals surface area contributed by atoms with E-state index in [4.69, 9.17) is 5.21 Å². The number of rotatable bonds is 4. The predicted octanol–water partition coefficient (Wildman–Crippen LogP) is 1.67. The molecule has 2 rings (SSSR count). The van der Waals surface area contributed by atoms with Crippen molar-refractivity contribution in [3.63, 3.8) is 0 Å². The molecule has 0 radical (unpaired) electrons. The first-order chi connectivity index (χ1) is 8.79. The van der Waals surface area contributed by atoms with Crippen LogP contribution in [0.1, 0.15) is 15.9 Å². The van der Waals surface area contributed by atoms with E-state index >= 15 is 0 Å². The molecule has 90 valence electrons. The van der Waals surface area contributed by atoms with Crippen LogP contribution in [0.25, 0.3) is 0 Å². The molecule has 0 saturated heterocycles. The van der Waals surface area contributed by atoms with Crippen LogP contribution in [-0.2, 0) is 6.54 Å². The summed E-state index contributed by atoms with van der Waals surface area (Å²) in [5.41, 5.74) is 1.48. The third-order valence-corrected chi connectivity index (χ3v) is 2.55. The number of nitrogens with zero attached hydrogens (tertiary/aromatic N) is 2. The van der Waals surface area contributed by atoms with E-state index in [2.05, 4.69) is 5.16 Å². The van der Waals surface area contributed by atoms with Crippen molar-refractivity contribution in [2.24, 2.45) is 5.16 Å². The molecule has 0 fully saturated rings. The summed E-state index contributed by atoms with van der Waals surface area (Å²) >= 11 is 0. The van der Waals surface area contributed by atoms with E-state index in [1.807, 2.05) is 18.2 Å². The molecule has 4 nitrogen and oxygen atoms in total. The Hall–Kier alpha value is -2.49. The van der Waals surface area contributed by atoms with Crippen LogP contribution in [-0.4, -0.2) is 17.2 Å². The molecule has 0 amide bonds. The van der Waals surface area contributed by atoms with Gasteiger partial charge in [-0.15, -0.1) is 0 Å². The quantitative estimate of drug-likeness (QED) is 0.291. The van der Waals surface area contributed by atoms with E-state index in [0.29, 0.717) is 12.1 Å². The summed E-state index contributed by atoms with van der Waals surface area (Å²) in [6, 6.07) is 12.7. The van der Waals surface area contributed by atoms with E-state index < -0.39 is 0 Å². The molecule has 2 aromatic rings. The normalized spacial score (nSPS) is 10.7. The van der Waals surface area contributed by atoms with Gasteiger partial charge in [0.05, 0.1) is 6.21 Å². The van der Waals surface area contributed by atoms with Crippen LogP contribution in [0, 0.1) is 0 Å². The summed E-state index contributed by atoms with van der Waals surface area (Å²) in [6.07, 6.45) is 4.89. The fraction of sp³-hybridized carbons (Fsp3) is 0.0714. The van der Waals surface area contributed by atoms with Crippen LogP contribution in [0.4, 0.5) is 0 Å². The zero-order valence-corrected chi connectivity index (χ0v) is 9.73. The Balaban J connectivity index is 2.08. The zero-order valence-electron chi connectivity index (χ0n) is 9.73. The molecule has 0 spiro atoms. The average Bonchev–Trinajstić information content (AvgIpc) is 2.42. The van der Waals surface area contributed by atoms with Gasteiger partial charge >= 0.3 is 0 Å². The van der Waals surface area contributed by atoms with Gasteiger partial charge in [0.15, 0.2) is 12.4 Å². The van der Waals surface area contributed by atoms with Crippen LogP contribution in [0.15, 0.2) is 60.0 Å². The molecule has 1 N–H and O–H groups in total. The molecule has 1 aromatic carbocycles. The first-order valence-electron chi connectivity index (χ1n) is 5.54. The maximum Gasteiger partial charge on any atom is 0.227 e. The molecular weight excluding hydrogens is 228 g/mol. The number of carbonyl (C=O) groups is 1. The molecule has 0 saturated carbocycles. The number of Topliss-reactive ketones (excluding diaryl/α,β-unsaturated/α-hetero) is 1. The van der Waals surface area contributed by atoms with Crippen molar-refractivity contribution in [3.8, 4) is 0 Å². The lowest BCUT2D eigenvalue weighted by Crippen LogP contribution is -2.37. The summed E-state index contributed by atoms with van der Waals surface area (Å²) in [5.74, 6) is 0.0594. The molecule has 0 aliphatic rings. The van der Waals surface area contributed by atoms with E-state index in [9.17, 15) is 4.79 Å². The number of hydrogen-bond donors (Lipinski definition) is 1. The van der Waals surface area contributed by atoms with Crippen LogP contribution < -0.4 is 4.57 Å². The van der Waals surface area contributed by atoms with Crippen molar-refractivity contribution in [1.29, 1.82) is 0 Å². The van der Waals surface area contributed by atoms with Gasteiger partial charge in [-0.25, -0.2) is 0 Å². The molecule has 18 heavy (non-hydrogen) atoms. The maximum atomic E-state index is 11.9. The first kappa shape index (κ1) is 12.0. The number of hydrogen-bond acceptors (Lipinski definition) is 3. The van der Waals surface area contributed by atoms with Crippen LogP contribution in [0.2, 0.25) is 0 Å². The molecule has 0 bridgehead atoms. The molecule has 0 atom stereocenters. The second-order valence-electron chi connectivity index (χ2n) is 3.84. The van der Waals surface area contributed by atoms with Gasteiger partial charge in [0, 0.05) is 23.3 Å². The Morgan fingerprint density at radius 1 is 1.17 bits per heavy atom. The van der Waals surface area contributed by atoms with Gasteiger partial charge in [-0.2, -0.15) is 4.57 Å². The Morgan fingerprint density at radius 3 is 2.44 bits per heavy atom. The van der Waals surface area contributed by atoms with Crippen molar-refractivity contribution in [3.05, 3.63) is 66.0 Å². The number of pyridine rings is 1. The van der Waals surface area contributed by atoms with Crippen molar-refractivity contribution in [1.82, 2.24) is 0 Å². The van der Waals surface area contributed by atoms with Gasteiger partial charge in [-0.1, -0.05) is 35.5 Å². The summed E-state index contributed by atoms with van der Waals surface area (Å²) < 4.78 is 1.78. The molecule has 0 unspecified atom stereocenters. The highest BCUT2D eigenvalue weighted by atomic mass is 16.4. The van der Waals surface area contributed by atoms with E-state index in [1.54, 1.807) is 41.2 Å². The predicted molar refractivity (Wildman–Crippen MR) is 66.8 cm³/mol. The Kier molecular flexibility index (Phi) is 3.81.